The lowest BCUT2D eigenvalue weighted by Gasteiger charge is -2.05. The fraction of sp³-hybridized carbons (Fsp3) is 0.0667. The topological polar surface area (TPSA) is 78.1 Å². The second-order valence-corrected chi connectivity index (χ2v) is 9.11. The number of hydrogen-bond donors (Lipinski definition) is 1. The van der Waals surface area contributed by atoms with Crippen LogP contribution in [0, 0.1) is 6.92 Å². The molecule has 0 aliphatic carbocycles. The quantitative estimate of drug-likeness (QED) is 0.362. The standard InChI is InChI=1S/C30H24N7/c1-20-28(35-15-6-5-9-27(35)33-20)29-34-37(24-12-10-21(18-31)11-13-24)30-25-17-23(22-7-3-2-4-8-22)19-32-26(25)14-16-36(29)30/h2-17,19H,18,31H2,1H3/q+1. The molecule has 0 bridgehead atoms. The molecule has 0 aliphatic rings. The Bertz CT molecular complexity index is 1920. The zero-order chi connectivity index (χ0) is 24.9. The Morgan fingerprint density at radius 2 is 1.70 bits per heavy atom. The molecule has 7 rings (SSSR count). The van der Waals surface area contributed by atoms with Gasteiger partial charge in [-0.3, -0.25) is 9.38 Å². The van der Waals surface area contributed by atoms with E-state index in [4.69, 9.17) is 20.8 Å². The van der Waals surface area contributed by atoms with Gasteiger partial charge in [-0.15, -0.1) is 0 Å². The summed E-state index contributed by atoms with van der Waals surface area (Å²) in [7, 11) is 0. The molecule has 0 unspecified atom stereocenters. The monoisotopic (exact) mass is 482 g/mol. The summed E-state index contributed by atoms with van der Waals surface area (Å²) in [6.07, 6.45) is 6.00. The SMILES string of the molecule is Cc1nc2ccccn2c1-c1nn(-c2ccc(CN)cc2)c2c3cc(-c4ccccc4)cnc3cc[n+]12. The van der Waals surface area contributed by atoms with E-state index in [9.17, 15) is 0 Å². The maximum Gasteiger partial charge on any atom is 0.333 e. The number of imidazole rings is 1. The molecular weight excluding hydrogens is 458 g/mol. The second-order valence-electron chi connectivity index (χ2n) is 9.11. The predicted molar refractivity (Wildman–Crippen MR) is 144 cm³/mol. The van der Waals surface area contributed by atoms with Crippen LogP contribution in [0.1, 0.15) is 11.3 Å². The number of hydrogen-bond acceptors (Lipinski definition) is 4. The predicted octanol–water partition coefficient (Wildman–Crippen LogP) is 4.91. The Morgan fingerprint density at radius 1 is 0.892 bits per heavy atom. The van der Waals surface area contributed by atoms with Crippen molar-refractivity contribution in [3.8, 4) is 28.3 Å². The van der Waals surface area contributed by atoms with Crippen LogP contribution in [0.15, 0.2) is 104 Å². The van der Waals surface area contributed by atoms with E-state index in [-0.39, 0.29) is 0 Å². The molecule has 0 amide bonds. The van der Waals surface area contributed by atoms with Crippen molar-refractivity contribution in [3.05, 3.63) is 115 Å². The van der Waals surface area contributed by atoms with Crippen LogP contribution in [0.5, 0.6) is 0 Å². The maximum absolute atomic E-state index is 5.87. The summed E-state index contributed by atoms with van der Waals surface area (Å²) >= 11 is 0. The number of aryl methyl sites for hydroxylation is 1. The number of benzene rings is 2. The van der Waals surface area contributed by atoms with Crippen molar-refractivity contribution in [2.75, 3.05) is 0 Å². The fourth-order valence-corrected chi connectivity index (χ4v) is 5.00. The summed E-state index contributed by atoms with van der Waals surface area (Å²) in [5.74, 6) is 0.807. The number of aromatic nitrogens is 6. The van der Waals surface area contributed by atoms with E-state index in [1.165, 1.54) is 0 Å². The smallest absolute Gasteiger partial charge is 0.326 e. The number of fused-ring (bicyclic) bond motifs is 4. The highest BCUT2D eigenvalue weighted by molar-refractivity contribution is 5.93. The summed E-state index contributed by atoms with van der Waals surface area (Å²) in [5, 5.41) is 6.19. The van der Waals surface area contributed by atoms with Crippen molar-refractivity contribution in [2.24, 2.45) is 5.73 Å². The van der Waals surface area contributed by atoms with E-state index in [2.05, 4.69) is 39.1 Å². The number of rotatable bonds is 4. The van der Waals surface area contributed by atoms with Crippen molar-refractivity contribution in [2.45, 2.75) is 13.5 Å². The average Bonchev–Trinajstić information content (AvgIpc) is 3.50. The van der Waals surface area contributed by atoms with E-state index in [1.807, 2.05) is 84.8 Å². The highest BCUT2D eigenvalue weighted by Gasteiger charge is 2.29. The first-order valence-electron chi connectivity index (χ1n) is 12.2. The first-order chi connectivity index (χ1) is 18.2. The largest absolute Gasteiger partial charge is 0.333 e. The van der Waals surface area contributed by atoms with Crippen molar-refractivity contribution < 1.29 is 4.40 Å². The highest BCUT2D eigenvalue weighted by Crippen LogP contribution is 2.28. The Hall–Kier alpha value is -4.88. The molecule has 0 aliphatic heterocycles. The van der Waals surface area contributed by atoms with Crippen LogP contribution in [0.4, 0.5) is 0 Å². The molecule has 2 aromatic carbocycles. The lowest BCUT2D eigenvalue weighted by Crippen LogP contribution is -2.23. The summed E-state index contributed by atoms with van der Waals surface area (Å²) in [4.78, 5) is 9.61. The Kier molecular flexibility index (Phi) is 4.84. The third kappa shape index (κ3) is 3.40. The maximum atomic E-state index is 5.87. The fourth-order valence-electron chi connectivity index (χ4n) is 5.00. The number of pyridine rings is 3. The van der Waals surface area contributed by atoms with E-state index in [1.54, 1.807) is 0 Å². The summed E-state index contributed by atoms with van der Waals surface area (Å²) in [6, 6.07) is 28.8. The third-order valence-electron chi connectivity index (χ3n) is 6.83. The minimum atomic E-state index is 0.494. The summed E-state index contributed by atoms with van der Waals surface area (Å²) < 4.78 is 6.23. The van der Waals surface area contributed by atoms with Gasteiger partial charge >= 0.3 is 5.82 Å². The van der Waals surface area contributed by atoms with Crippen LogP contribution in [0.25, 0.3) is 50.5 Å². The summed E-state index contributed by atoms with van der Waals surface area (Å²) in [5.41, 5.74) is 14.7. The van der Waals surface area contributed by atoms with Crippen LogP contribution in [-0.2, 0) is 6.54 Å². The van der Waals surface area contributed by atoms with E-state index < -0.39 is 0 Å². The van der Waals surface area contributed by atoms with E-state index in [0.29, 0.717) is 6.54 Å². The molecule has 0 fully saturated rings. The first-order valence-corrected chi connectivity index (χ1v) is 12.2. The van der Waals surface area contributed by atoms with Gasteiger partial charge < -0.3 is 5.73 Å². The molecule has 0 atom stereocenters. The molecule has 5 heterocycles. The van der Waals surface area contributed by atoms with E-state index >= 15 is 0 Å². The molecule has 0 saturated heterocycles. The van der Waals surface area contributed by atoms with Gasteiger partial charge in [0.05, 0.1) is 27.9 Å². The summed E-state index contributed by atoms with van der Waals surface area (Å²) in [6.45, 7) is 2.52. The Labute approximate surface area is 213 Å². The van der Waals surface area contributed by atoms with E-state index in [0.717, 1.165) is 61.8 Å². The average molecular weight is 483 g/mol. The van der Waals surface area contributed by atoms with Gasteiger partial charge in [-0.05, 0) is 54.4 Å². The van der Waals surface area contributed by atoms with Gasteiger partial charge in [0.15, 0.2) is 0 Å². The van der Waals surface area contributed by atoms with Crippen LogP contribution < -0.4 is 10.1 Å². The molecule has 2 N–H and O–H groups in total. The zero-order valence-corrected chi connectivity index (χ0v) is 20.3. The molecular formula is C30H24N7+. The molecule has 178 valence electrons. The molecule has 5 aromatic heterocycles. The Balaban J connectivity index is 1.58. The van der Waals surface area contributed by atoms with Gasteiger partial charge in [-0.2, -0.15) is 4.40 Å². The minimum absolute atomic E-state index is 0.494. The number of nitrogens with two attached hydrogens (primary N) is 1. The van der Waals surface area contributed by atoms with Crippen molar-refractivity contribution >= 4 is 22.2 Å². The van der Waals surface area contributed by atoms with Crippen LogP contribution >= 0.6 is 0 Å². The first kappa shape index (κ1) is 21.4. The highest BCUT2D eigenvalue weighted by atomic mass is 15.4. The molecule has 0 saturated carbocycles. The molecule has 7 aromatic rings. The molecule has 0 radical (unpaired) electrons. The third-order valence-corrected chi connectivity index (χ3v) is 6.83. The van der Waals surface area contributed by atoms with Gasteiger partial charge in [-0.25, -0.2) is 4.98 Å². The van der Waals surface area contributed by atoms with Crippen molar-refractivity contribution in [3.63, 3.8) is 0 Å². The van der Waals surface area contributed by atoms with Gasteiger partial charge in [0.25, 0.3) is 5.65 Å². The van der Waals surface area contributed by atoms with Crippen LogP contribution in [0.3, 0.4) is 0 Å². The van der Waals surface area contributed by atoms with Crippen LogP contribution in [-0.4, -0.2) is 24.1 Å². The second kappa shape index (κ2) is 8.36. The molecule has 7 nitrogen and oxygen atoms in total. The lowest BCUT2D eigenvalue weighted by molar-refractivity contribution is -0.499. The molecule has 37 heavy (non-hydrogen) atoms. The lowest BCUT2D eigenvalue weighted by atomic mass is 10.1. The van der Waals surface area contributed by atoms with Gasteiger partial charge in [-0.1, -0.05) is 53.2 Å². The van der Waals surface area contributed by atoms with Gasteiger partial charge in [0.1, 0.15) is 17.0 Å². The molecule has 7 heteroatoms. The Morgan fingerprint density at radius 3 is 2.51 bits per heavy atom. The normalized spacial score (nSPS) is 11.6. The van der Waals surface area contributed by atoms with Gasteiger partial charge in [0.2, 0.25) is 0 Å². The van der Waals surface area contributed by atoms with Crippen molar-refractivity contribution in [1.29, 1.82) is 0 Å². The van der Waals surface area contributed by atoms with Gasteiger partial charge in [0, 0.05) is 24.5 Å². The molecule has 0 spiro atoms. The zero-order valence-electron chi connectivity index (χ0n) is 20.3. The van der Waals surface area contributed by atoms with Crippen LogP contribution in [0.2, 0.25) is 0 Å². The number of nitrogens with zero attached hydrogens (tertiary/aromatic N) is 6. The minimum Gasteiger partial charge on any atom is -0.326 e. The van der Waals surface area contributed by atoms with Crippen molar-refractivity contribution in [1.82, 2.24) is 24.1 Å².